The number of nitrogens with zero attached hydrogens (tertiary/aromatic N) is 3. The first-order valence-electron chi connectivity index (χ1n) is 9.21. The van der Waals surface area contributed by atoms with E-state index in [4.69, 9.17) is 9.47 Å². The summed E-state index contributed by atoms with van der Waals surface area (Å²) in [6.45, 7) is 16.6. The largest absolute Gasteiger partial charge is 0.379 e. The molecule has 2 fully saturated rings. The highest BCUT2D eigenvalue weighted by atomic mass is 16.5. The summed E-state index contributed by atoms with van der Waals surface area (Å²) in [5, 5.41) is 0. The number of ether oxygens (including phenoxy) is 2. The van der Waals surface area contributed by atoms with Crippen LogP contribution in [0.1, 0.15) is 26.2 Å². The Morgan fingerprint density at radius 2 is 1.18 bits per heavy atom. The van der Waals surface area contributed by atoms with Crippen molar-refractivity contribution in [2.45, 2.75) is 26.2 Å². The fourth-order valence-corrected chi connectivity index (χ4v) is 3.34. The lowest BCUT2D eigenvalue weighted by molar-refractivity contribution is 0.0340. The van der Waals surface area contributed by atoms with Crippen LogP contribution >= 0.6 is 0 Å². The van der Waals surface area contributed by atoms with Crippen LogP contribution in [0.5, 0.6) is 0 Å². The summed E-state index contributed by atoms with van der Waals surface area (Å²) >= 11 is 0. The van der Waals surface area contributed by atoms with Gasteiger partial charge in [0.2, 0.25) is 0 Å². The molecule has 0 amide bonds. The average Bonchev–Trinajstić information content (AvgIpc) is 2.57. The van der Waals surface area contributed by atoms with Crippen LogP contribution in [0.25, 0.3) is 0 Å². The molecule has 0 bridgehead atoms. The van der Waals surface area contributed by atoms with Gasteiger partial charge in [-0.2, -0.15) is 0 Å². The first kappa shape index (κ1) is 18.1. The first-order valence-corrected chi connectivity index (χ1v) is 9.21. The van der Waals surface area contributed by atoms with Crippen molar-refractivity contribution in [2.75, 3.05) is 85.3 Å². The van der Waals surface area contributed by atoms with Crippen molar-refractivity contribution in [3.05, 3.63) is 0 Å². The summed E-state index contributed by atoms with van der Waals surface area (Å²) in [7, 11) is 0. The standard InChI is InChI=1S/C17H35N3O2/c1-2-5-18(6-3-8-19-10-14-21-15-11-19)7-4-9-20-12-16-22-17-13-20/h2-17H2,1H3. The van der Waals surface area contributed by atoms with Crippen molar-refractivity contribution in [3.8, 4) is 0 Å². The van der Waals surface area contributed by atoms with Crippen molar-refractivity contribution in [2.24, 2.45) is 0 Å². The van der Waals surface area contributed by atoms with Gasteiger partial charge in [0.15, 0.2) is 0 Å². The topological polar surface area (TPSA) is 28.2 Å². The second-order valence-electron chi connectivity index (χ2n) is 6.46. The molecule has 5 nitrogen and oxygen atoms in total. The van der Waals surface area contributed by atoms with E-state index < -0.39 is 0 Å². The Labute approximate surface area is 136 Å². The molecule has 0 aliphatic carbocycles. The monoisotopic (exact) mass is 313 g/mol. The van der Waals surface area contributed by atoms with Gasteiger partial charge in [0.25, 0.3) is 0 Å². The third-order valence-corrected chi connectivity index (χ3v) is 4.64. The predicted molar refractivity (Wildman–Crippen MR) is 90.5 cm³/mol. The van der Waals surface area contributed by atoms with Gasteiger partial charge in [-0.05, 0) is 52.0 Å². The van der Waals surface area contributed by atoms with Crippen LogP contribution in [0.4, 0.5) is 0 Å². The molecule has 0 atom stereocenters. The highest BCUT2D eigenvalue weighted by molar-refractivity contribution is 4.66. The van der Waals surface area contributed by atoms with Gasteiger partial charge in [0.1, 0.15) is 0 Å². The van der Waals surface area contributed by atoms with Crippen molar-refractivity contribution in [1.29, 1.82) is 0 Å². The van der Waals surface area contributed by atoms with E-state index in [-0.39, 0.29) is 0 Å². The molecule has 5 heteroatoms. The maximum absolute atomic E-state index is 5.41. The van der Waals surface area contributed by atoms with E-state index >= 15 is 0 Å². The minimum Gasteiger partial charge on any atom is -0.379 e. The molecule has 0 aromatic rings. The predicted octanol–water partition coefficient (Wildman–Crippen LogP) is 1.14. The second-order valence-corrected chi connectivity index (χ2v) is 6.46. The van der Waals surface area contributed by atoms with Crippen LogP contribution in [-0.4, -0.2) is 100 Å². The Hall–Kier alpha value is -0.200. The van der Waals surface area contributed by atoms with Gasteiger partial charge in [-0.3, -0.25) is 9.80 Å². The first-order chi connectivity index (χ1) is 10.9. The summed E-state index contributed by atoms with van der Waals surface area (Å²) in [5.74, 6) is 0. The molecule has 2 aliphatic rings. The van der Waals surface area contributed by atoms with Gasteiger partial charge in [0.05, 0.1) is 26.4 Å². The summed E-state index contributed by atoms with van der Waals surface area (Å²) in [4.78, 5) is 7.74. The van der Waals surface area contributed by atoms with Gasteiger partial charge in [-0.25, -0.2) is 0 Å². The van der Waals surface area contributed by atoms with Crippen LogP contribution in [0.2, 0.25) is 0 Å². The zero-order valence-electron chi connectivity index (χ0n) is 14.5. The van der Waals surface area contributed by atoms with E-state index in [2.05, 4.69) is 21.6 Å². The molecule has 0 radical (unpaired) electrons. The maximum Gasteiger partial charge on any atom is 0.0594 e. The molecule has 22 heavy (non-hydrogen) atoms. The van der Waals surface area contributed by atoms with Gasteiger partial charge in [0, 0.05) is 26.2 Å². The minimum atomic E-state index is 0.915. The zero-order valence-corrected chi connectivity index (χ0v) is 14.5. The minimum absolute atomic E-state index is 0.915. The van der Waals surface area contributed by atoms with Crippen molar-refractivity contribution < 1.29 is 9.47 Å². The third kappa shape index (κ3) is 7.38. The lowest BCUT2D eigenvalue weighted by Gasteiger charge is -2.29. The molecular formula is C17H35N3O2. The molecule has 130 valence electrons. The normalized spacial score (nSPS) is 21.5. The second kappa shape index (κ2) is 11.4. The van der Waals surface area contributed by atoms with Gasteiger partial charge < -0.3 is 14.4 Å². The molecule has 2 aliphatic heterocycles. The summed E-state index contributed by atoms with van der Waals surface area (Å²) < 4.78 is 10.8. The molecule has 0 aromatic heterocycles. The third-order valence-electron chi connectivity index (χ3n) is 4.64. The van der Waals surface area contributed by atoms with Crippen LogP contribution in [-0.2, 0) is 9.47 Å². The van der Waals surface area contributed by atoms with E-state index in [1.807, 2.05) is 0 Å². The number of hydrogen-bond donors (Lipinski definition) is 0. The molecule has 0 aromatic carbocycles. The number of rotatable bonds is 10. The van der Waals surface area contributed by atoms with E-state index in [9.17, 15) is 0 Å². The summed E-state index contributed by atoms with van der Waals surface area (Å²) in [6, 6.07) is 0. The molecule has 0 unspecified atom stereocenters. The van der Waals surface area contributed by atoms with E-state index in [0.717, 1.165) is 52.6 Å². The molecule has 0 saturated carbocycles. The van der Waals surface area contributed by atoms with Crippen molar-refractivity contribution >= 4 is 0 Å². The molecule has 2 heterocycles. The molecule has 0 N–H and O–H groups in total. The van der Waals surface area contributed by atoms with Crippen LogP contribution < -0.4 is 0 Å². The maximum atomic E-state index is 5.41. The van der Waals surface area contributed by atoms with Crippen LogP contribution in [0.3, 0.4) is 0 Å². The SMILES string of the molecule is CCCN(CCCN1CCOCC1)CCCN1CCOCC1. The Kier molecular flexibility index (Phi) is 9.36. The fraction of sp³-hybridized carbons (Fsp3) is 1.00. The number of hydrogen-bond acceptors (Lipinski definition) is 5. The van der Waals surface area contributed by atoms with Crippen LogP contribution in [0, 0.1) is 0 Å². The Balaban J connectivity index is 1.55. The quantitative estimate of drug-likeness (QED) is 0.603. The van der Waals surface area contributed by atoms with E-state index in [1.54, 1.807) is 0 Å². The summed E-state index contributed by atoms with van der Waals surface area (Å²) in [5.41, 5.74) is 0. The molecular weight excluding hydrogens is 278 g/mol. The van der Waals surface area contributed by atoms with E-state index in [1.165, 1.54) is 52.0 Å². The average molecular weight is 313 g/mol. The van der Waals surface area contributed by atoms with Crippen molar-refractivity contribution in [1.82, 2.24) is 14.7 Å². The lowest BCUT2D eigenvalue weighted by atomic mass is 10.2. The number of morpholine rings is 2. The highest BCUT2D eigenvalue weighted by Gasteiger charge is 2.12. The van der Waals surface area contributed by atoms with Crippen molar-refractivity contribution in [3.63, 3.8) is 0 Å². The highest BCUT2D eigenvalue weighted by Crippen LogP contribution is 2.03. The summed E-state index contributed by atoms with van der Waals surface area (Å²) in [6.07, 6.45) is 3.84. The fourth-order valence-electron chi connectivity index (χ4n) is 3.34. The lowest BCUT2D eigenvalue weighted by Crippen LogP contribution is -2.39. The molecule has 2 saturated heterocycles. The zero-order chi connectivity index (χ0) is 15.5. The Morgan fingerprint density at radius 3 is 1.59 bits per heavy atom. The van der Waals surface area contributed by atoms with E-state index in [0.29, 0.717) is 0 Å². The smallest absolute Gasteiger partial charge is 0.0594 e. The molecule has 2 rings (SSSR count). The van der Waals surface area contributed by atoms with Crippen LogP contribution in [0.15, 0.2) is 0 Å². The van der Waals surface area contributed by atoms with Gasteiger partial charge in [-0.15, -0.1) is 0 Å². The Bertz CT molecular complexity index is 243. The van der Waals surface area contributed by atoms with Gasteiger partial charge >= 0.3 is 0 Å². The molecule has 0 spiro atoms. The van der Waals surface area contributed by atoms with Gasteiger partial charge in [-0.1, -0.05) is 6.92 Å². The Morgan fingerprint density at radius 1 is 0.727 bits per heavy atom.